The van der Waals surface area contributed by atoms with E-state index in [1.165, 1.54) is 0 Å². The number of carbonyl (C=O) groups excluding carboxylic acids is 1. The van der Waals surface area contributed by atoms with Crippen LogP contribution in [0.1, 0.15) is 37.2 Å². The molecule has 1 heterocycles. The second kappa shape index (κ2) is 8.48. The van der Waals surface area contributed by atoms with E-state index in [0.29, 0.717) is 16.5 Å². The van der Waals surface area contributed by atoms with Crippen molar-refractivity contribution in [3.63, 3.8) is 0 Å². The number of aromatic nitrogens is 2. The Bertz CT molecular complexity index is 639. The molecule has 1 amide bonds. The molecule has 1 N–H and O–H groups in total. The van der Waals surface area contributed by atoms with Gasteiger partial charge < -0.3 is 10.2 Å². The second-order valence-electron chi connectivity index (χ2n) is 5.20. The molecule has 1 aromatic carbocycles. The van der Waals surface area contributed by atoms with E-state index in [0.717, 1.165) is 31.6 Å². The largest absolute Gasteiger partial charge is 0.338 e. The summed E-state index contributed by atoms with van der Waals surface area (Å²) < 4.78 is 0. The third-order valence-corrected chi connectivity index (χ3v) is 3.62. The Kier molecular flexibility index (Phi) is 6.35. The molecule has 0 unspecified atom stereocenters. The lowest BCUT2D eigenvalue weighted by Crippen LogP contribution is -2.33. The quantitative estimate of drug-likeness (QED) is 0.828. The Morgan fingerprint density at radius 2 is 1.78 bits per heavy atom. The van der Waals surface area contributed by atoms with Crippen LogP contribution in [0, 0.1) is 0 Å². The molecular formula is C17H21ClN4O. The zero-order valence-corrected chi connectivity index (χ0v) is 14.2. The Hall–Kier alpha value is -2.14. The van der Waals surface area contributed by atoms with Gasteiger partial charge in [-0.25, -0.2) is 0 Å². The van der Waals surface area contributed by atoms with Crippen LogP contribution in [0.15, 0.2) is 36.4 Å². The van der Waals surface area contributed by atoms with Crippen LogP contribution in [0.25, 0.3) is 0 Å². The lowest BCUT2D eigenvalue weighted by atomic mass is 10.3. The molecule has 1 aromatic heterocycles. The number of anilines is 2. The topological polar surface area (TPSA) is 58.1 Å². The maximum absolute atomic E-state index is 12.4. The maximum atomic E-state index is 12.4. The van der Waals surface area contributed by atoms with Crippen LogP contribution in [0.5, 0.6) is 0 Å². The number of hydrogen-bond acceptors (Lipinski definition) is 4. The van der Waals surface area contributed by atoms with Gasteiger partial charge in [0, 0.05) is 13.1 Å². The lowest BCUT2D eigenvalue weighted by molar-refractivity contribution is 0.0748. The van der Waals surface area contributed by atoms with Crippen LogP contribution in [0.3, 0.4) is 0 Å². The van der Waals surface area contributed by atoms with Gasteiger partial charge in [-0.15, -0.1) is 10.2 Å². The standard InChI is InChI=1S/C17H21ClN4O/c1-3-11-22(12-4-2)17(23)15-9-10-16(21-20-15)19-14-8-6-5-7-13(14)18/h5-10H,3-4,11-12H2,1-2H3,(H,19,21). The number of rotatable bonds is 7. The summed E-state index contributed by atoms with van der Waals surface area (Å²) in [7, 11) is 0. The molecule has 0 aliphatic carbocycles. The molecule has 5 nitrogen and oxygen atoms in total. The number of carbonyl (C=O) groups is 1. The van der Waals surface area contributed by atoms with E-state index in [-0.39, 0.29) is 5.91 Å². The summed E-state index contributed by atoms with van der Waals surface area (Å²) in [4.78, 5) is 14.2. The van der Waals surface area contributed by atoms with E-state index in [1.807, 2.05) is 23.1 Å². The molecular weight excluding hydrogens is 312 g/mol. The van der Waals surface area contributed by atoms with E-state index in [1.54, 1.807) is 18.2 Å². The summed E-state index contributed by atoms with van der Waals surface area (Å²) in [5.74, 6) is 0.470. The normalized spacial score (nSPS) is 10.4. The highest BCUT2D eigenvalue weighted by Crippen LogP contribution is 2.23. The van der Waals surface area contributed by atoms with Gasteiger partial charge in [-0.1, -0.05) is 37.6 Å². The van der Waals surface area contributed by atoms with Gasteiger partial charge in [0.2, 0.25) is 0 Å². The summed E-state index contributed by atoms with van der Waals surface area (Å²) in [6, 6.07) is 10.8. The van der Waals surface area contributed by atoms with Crippen LogP contribution in [0.2, 0.25) is 5.02 Å². The zero-order chi connectivity index (χ0) is 16.7. The zero-order valence-electron chi connectivity index (χ0n) is 13.4. The van der Waals surface area contributed by atoms with Crippen LogP contribution in [0.4, 0.5) is 11.5 Å². The first kappa shape index (κ1) is 17.2. The Morgan fingerprint density at radius 3 is 2.35 bits per heavy atom. The summed E-state index contributed by atoms with van der Waals surface area (Å²) in [5, 5.41) is 11.8. The molecule has 0 bridgehead atoms. The molecule has 0 spiro atoms. The first-order valence-electron chi connectivity index (χ1n) is 7.80. The highest BCUT2D eigenvalue weighted by molar-refractivity contribution is 6.33. The van der Waals surface area contributed by atoms with Gasteiger partial charge in [-0.2, -0.15) is 0 Å². The number of amides is 1. The highest BCUT2D eigenvalue weighted by Gasteiger charge is 2.16. The first-order chi connectivity index (χ1) is 11.2. The lowest BCUT2D eigenvalue weighted by Gasteiger charge is -2.20. The fourth-order valence-corrected chi connectivity index (χ4v) is 2.41. The highest BCUT2D eigenvalue weighted by atomic mass is 35.5. The molecule has 0 aliphatic rings. The number of nitrogens with zero attached hydrogens (tertiary/aromatic N) is 3. The average Bonchev–Trinajstić information content (AvgIpc) is 2.57. The monoisotopic (exact) mass is 332 g/mol. The number of benzene rings is 1. The molecule has 0 fully saturated rings. The number of hydrogen-bond donors (Lipinski definition) is 1. The SMILES string of the molecule is CCCN(CCC)C(=O)c1ccc(Nc2ccccc2Cl)nn1. The van der Waals surface area contributed by atoms with E-state index in [2.05, 4.69) is 29.4 Å². The smallest absolute Gasteiger partial charge is 0.274 e. The van der Waals surface area contributed by atoms with Crippen molar-refractivity contribution in [2.24, 2.45) is 0 Å². The van der Waals surface area contributed by atoms with Crippen molar-refractivity contribution in [1.82, 2.24) is 15.1 Å². The van der Waals surface area contributed by atoms with Gasteiger partial charge in [0.25, 0.3) is 5.91 Å². The van der Waals surface area contributed by atoms with Crippen LogP contribution in [-0.4, -0.2) is 34.1 Å². The van der Waals surface area contributed by atoms with Gasteiger partial charge >= 0.3 is 0 Å². The minimum absolute atomic E-state index is 0.0782. The molecule has 0 radical (unpaired) electrons. The van der Waals surface area contributed by atoms with Crippen molar-refractivity contribution >= 4 is 29.0 Å². The minimum Gasteiger partial charge on any atom is -0.338 e. The minimum atomic E-state index is -0.0782. The van der Waals surface area contributed by atoms with Crippen molar-refractivity contribution in [1.29, 1.82) is 0 Å². The fraction of sp³-hybridized carbons (Fsp3) is 0.353. The summed E-state index contributed by atoms with van der Waals surface area (Å²) >= 11 is 6.10. The van der Waals surface area contributed by atoms with Gasteiger partial charge in [0.1, 0.15) is 0 Å². The number of halogens is 1. The van der Waals surface area contributed by atoms with Crippen molar-refractivity contribution in [3.05, 3.63) is 47.1 Å². The van der Waals surface area contributed by atoms with Crippen molar-refractivity contribution in [2.75, 3.05) is 18.4 Å². The molecule has 2 aromatic rings. The van der Waals surface area contributed by atoms with Gasteiger partial charge in [0.05, 0.1) is 10.7 Å². The molecule has 0 atom stereocenters. The van der Waals surface area contributed by atoms with Crippen molar-refractivity contribution < 1.29 is 4.79 Å². The van der Waals surface area contributed by atoms with Gasteiger partial charge in [0.15, 0.2) is 11.5 Å². The summed E-state index contributed by atoms with van der Waals surface area (Å²) in [5.41, 5.74) is 1.11. The van der Waals surface area contributed by atoms with Gasteiger partial charge in [-0.3, -0.25) is 4.79 Å². The Balaban J connectivity index is 2.09. The fourth-order valence-electron chi connectivity index (χ4n) is 2.23. The second-order valence-corrected chi connectivity index (χ2v) is 5.61. The van der Waals surface area contributed by atoms with Gasteiger partial charge in [-0.05, 0) is 37.1 Å². The van der Waals surface area contributed by atoms with Crippen LogP contribution in [-0.2, 0) is 0 Å². The van der Waals surface area contributed by atoms with E-state index >= 15 is 0 Å². The molecule has 0 saturated carbocycles. The van der Waals surface area contributed by atoms with Crippen molar-refractivity contribution in [3.8, 4) is 0 Å². The third kappa shape index (κ3) is 4.66. The Morgan fingerprint density at radius 1 is 1.09 bits per heavy atom. The number of para-hydroxylation sites is 1. The number of nitrogens with one attached hydrogen (secondary N) is 1. The predicted molar refractivity (Wildman–Crippen MR) is 93.3 cm³/mol. The molecule has 0 saturated heterocycles. The first-order valence-corrected chi connectivity index (χ1v) is 8.18. The molecule has 6 heteroatoms. The van der Waals surface area contributed by atoms with Crippen LogP contribution >= 0.6 is 11.6 Å². The summed E-state index contributed by atoms with van der Waals surface area (Å²) in [6.07, 6.45) is 1.84. The molecule has 23 heavy (non-hydrogen) atoms. The maximum Gasteiger partial charge on any atom is 0.274 e. The van der Waals surface area contributed by atoms with Crippen LogP contribution < -0.4 is 5.32 Å². The van der Waals surface area contributed by atoms with E-state index < -0.39 is 0 Å². The summed E-state index contributed by atoms with van der Waals surface area (Å²) in [6.45, 7) is 5.57. The van der Waals surface area contributed by atoms with E-state index in [9.17, 15) is 4.79 Å². The molecule has 2 rings (SSSR count). The third-order valence-electron chi connectivity index (χ3n) is 3.29. The Labute approximate surface area is 141 Å². The predicted octanol–water partition coefficient (Wildman–Crippen LogP) is 4.14. The molecule has 122 valence electrons. The van der Waals surface area contributed by atoms with Crippen molar-refractivity contribution in [2.45, 2.75) is 26.7 Å². The molecule has 0 aliphatic heterocycles. The van der Waals surface area contributed by atoms with E-state index in [4.69, 9.17) is 11.6 Å². The average molecular weight is 333 g/mol.